The Kier molecular flexibility index (Phi) is 6.36. The van der Waals surface area contributed by atoms with Crippen molar-refractivity contribution in [2.75, 3.05) is 32.7 Å². The lowest BCUT2D eigenvalue weighted by Gasteiger charge is -2.33. The topological polar surface area (TPSA) is 44.4 Å². The molecule has 0 aromatic heterocycles. The molecular formula is C11H21F2N3O. The molecule has 0 saturated carbocycles. The van der Waals surface area contributed by atoms with E-state index >= 15 is 0 Å². The van der Waals surface area contributed by atoms with Crippen molar-refractivity contribution in [3.05, 3.63) is 0 Å². The zero-order valence-corrected chi connectivity index (χ0v) is 10.2. The van der Waals surface area contributed by atoms with E-state index in [-0.39, 0.29) is 18.5 Å². The second kappa shape index (κ2) is 7.55. The summed E-state index contributed by atoms with van der Waals surface area (Å²) in [5.41, 5.74) is 0. The van der Waals surface area contributed by atoms with Gasteiger partial charge in [-0.2, -0.15) is 0 Å². The second-order valence-corrected chi connectivity index (χ2v) is 4.42. The van der Waals surface area contributed by atoms with Gasteiger partial charge in [-0.1, -0.05) is 0 Å². The summed E-state index contributed by atoms with van der Waals surface area (Å²) in [5.74, 6) is -0.0330. The Labute approximate surface area is 101 Å². The molecule has 2 N–H and O–H groups in total. The molecular weight excluding hydrogens is 228 g/mol. The number of nitrogens with one attached hydrogen (secondary N) is 2. The third-order valence-electron chi connectivity index (χ3n) is 2.87. The average molecular weight is 249 g/mol. The Balaban J connectivity index is 2.17. The van der Waals surface area contributed by atoms with E-state index in [1.807, 2.05) is 0 Å². The van der Waals surface area contributed by atoms with Gasteiger partial charge in [0, 0.05) is 32.6 Å². The fraction of sp³-hybridized carbons (Fsp3) is 0.909. The monoisotopic (exact) mass is 249 g/mol. The van der Waals surface area contributed by atoms with Crippen molar-refractivity contribution >= 4 is 5.91 Å². The van der Waals surface area contributed by atoms with Crippen LogP contribution in [0.15, 0.2) is 0 Å². The van der Waals surface area contributed by atoms with Gasteiger partial charge in [0.05, 0.1) is 6.54 Å². The molecule has 0 bridgehead atoms. The number of hydrogen-bond donors (Lipinski definition) is 2. The number of alkyl halides is 2. The number of hydrogen-bond acceptors (Lipinski definition) is 3. The molecule has 0 aromatic rings. The Morgan fingerprint density at radius 1 is 1.53 bits per heavy atom. The molecule has 1 saturated heterocycles. The second-order valence-electron chi connectivity index (χ2n) is 4.42. The van der Waals surface area contributed by atoms with Crippen LogP contribution in [0.1, 0.15) is 19.8 Å². The molecule has 1 aliphatic heterocycles. The van der Waals surface area contributed by atoms with Gasteiger partial charge in [-0.3, -0.25) is 4.79 Å². The van der Waals surface area contributed by atoms with Gasteiger partial charge in [-0.05, 0) is 19.4 Å². The molecule has 0 radical (unpaired) electrons. The summed E-state index contributed by atoms with van der Waals surface area (Å²) in [4.78, 5) is 12.9. The third-order valence-corrected chi connectivity index (χ3v) is 2.87. The normalized spacial score (nSPS) is 21.8. The van der Waals surface area contributed by atoms with E-state index in [9.17, 15) is 13.6 Å². The summed E-state index contributed by atoms with van der Waals surface area (Å²) in [6, 6.07) is 0.148. The van der Waals surface area contributed by atoms with Crippen LogP contribution < -0.4 is 10.6 Å². The zero-order chi connectivity index (χ0) is 12.7. The van der Waals surface area contributed by atoms with Crippen molar-refractivity contribution in [2.24, 2.45) is 0 Å². The highest BCUT2D eigenvalue weighted by Gasteiger charge is 2.19. The molecule has 4 nitrogen and oxygen atoms in total. The van der Waals surface area contributed by atoms with Crippen LogP contribution in [0.5, 0.6) is 0 Å². The molecule has 1 amide bonds. The van der Waals surface area contributed by atoms with Crippen LogP contribution in [0.4, 0.5) is 8.78 Å². The summed E-state index contributed by atoms with van der Waals surface area (Å²) in [5, 5.41) is 5.61. The Bertz CT molecular complexity index is 239. The number of likely N-dealkylation sites (tertiary alicyclic amines) is 1. The smallest absolute Gasteiger partial charge is 0.250 e. The summed E-state index contributed by atoms with van der Waals surface area (Å²) in [6.45, 7) is 4.43. The van der Waals surface area contributed by atoms with E-state index in [2.05, 4.69) is 15.5 Å². The first-order valence-corrected chi connectivity index (χ1v) is 6.06. The Morgan fingerprint density at radius 2 is 2.29 bits per heavy atom. The van der Waals surface area contributed by atoms with Gasteiger partial charge in [0.1, 0.15) is 0 Å². The van der Waals surface area contributed by atoms with Gasteiger partial charge in [0.15, 0.2) is 0 Å². The average Bonchev–Trinajstić information content (AvgIpc) is 2.26. The third kappa shape index (κ3) is 6.53. The number of piperidine rings is 1. The maximum atomic E-state index is 12.1. The molecule has 0 spiro atoms. The van der Waals surface area contributed by atoms with E-state index in [0.29, 0.717) is 6.54 Å². The first-order valence-electron chi connectivity index (χ1n) is 6.06. The Morgan fingerprint density at radius 3 is 2.94 bits per heavy atom. The summed E-state index contributed by atoms with van der Waals surface area (Å²) < 4.78 is 24.1. The number of rotatable bonds is 6. The molecule has 1 unspecified atom stereocenters. The molecule has 0 aromatic carbocycles. The molecule has 6 heteroatoms. The van der Waals surface area contributed by atoms with E-state index in [4.69, 9.17) is 0 Å². The highest BCUT2D eigenvalue weighted by atomic mass is 19.3. The molecule has 1 atom stereocenters. The Hall–Kier alpha value is -0.750. The standard InChI is InChI=1S/C11H21F2N3O/c1-9(17)14-4-6-16-5-2-3-10(8-16)15-7-11(12)13/h10-11,15H,2-8H2,1H3,(H,14,17). The van der Waals surface area contributed by atoms with Crippen LogP contribution in [0.2, 0.25) is 0 Å². The molecule has 17 heavy (non-hydrogen) atoms. The minimum absolute atomic E-state index is 0.0330. The van der Waals surface area contributed by atoms with Crippen LogP contribution >= 0.6 is 0 Å². The van der Waals surface area contributed by atoms with E-state index in [1.165, 1.54) is 6.92 Å². The van der Waals surface area contributed by atoms with Crippen molar-refractivity contribution in [2.45, 2.75) is 32.2 Å². The molecule has 1 heterocycles. The lowest BCUT2D eigenvalue weighted by molar-refractivity contribution is -0.119. The molecule has 1 rings (SSSR count). The van der Waals surface area contributed by atoms with Crippen molar-refractivity contribution in [3.8, 4) is 0 Å². The SMILES string of the molecule is CC(=O)NCCN1CCCC(NCC(F)F)C1. The van der Waals surface area contributed by atoms with Gasteiger partial charge in [0.2, 0.25) is 5.91 Å². The summed E-state index contributed by atoms with van der Waals surface area (Å²) in [7, 11) is 0. The lowest BCUT2D eigenvalue weighted by Crippen LogP contribution is -2.48. The van der Waals surface area contributed by atoms with Gasteiger partial charge in [-0.15, -0.1) is 0 Å². The minimum atomic E-state index is -2.29. The van der Waals surface area contributed by atoms with E-state index < -0.39 is 6.43 Å². The number of carbonyl (C=O) groups is 1. The van der Waals surface area contributed by atoms with Crippen molar-refractivity contribution < 1.29 is 13.6 Å². The largest absolute Gasteiger partial charge is 0.355 e. The summed E-state index contributed by atoms with van der Waals surface area (Å²) in [6.07, 6.45) is -0.325. The molecule has 0 aliphatic carbocycles. The predicted octanol–water partition coefficient (Wildman–Crippen LogP) is 0.442. The van der Waals surface area contributed by atoms with Crippen LogP contribution in [0.3, 0.4) is 0 Å². The predicted molar refractivity (Wildman–Crippen MR) is 62.2 cm³/mol. The maximum absolute atomic E-state index is 12.1. The van der Waals surface area contributed by atoms with Crippen LogP contribution in [-0.4, -0.2) is 56.0 Å². The number of nitrogens with zero attached hydrogens (tertiary/aromatic N) is 1. The van der Waals surface area contributed by atoms with E-state index in [0.717, 1.165) is 32.5 Å². The maximum Gasteiger partial charge on any atom is 0.250 e. The molecule has 100 valence electrons. The van der Waals surface area contributed by atoms with Crippen LogP contribution in [0, 0.1) is 0 Å². The van der Waals surface area contributed by atoms with E-state index in [1.54, 1.807) is 0 Å². The van der Waals surface area contributed by atoms with Gasteiger partial charge in [-0.25, -0.2) is 8.78 Å². The zero-order valence-electron chi connectivity index (χ0n) is 10.2. The van der Waals surface area contributed by atoms with Gasteiger partial charge in [0.25, 0.3) is 6.43 Å². The molecule has 1 fully saturated rings. The number of amides is 1. The minimum Gasteiger partial charge on any atom is -0.355 e. The fourth-order valence-electron chi connectivity index (χ4n) is 2.07. The van der Waals surface area contributed by atoms with Crippen molar-refractivity contribution in [1.29, 1.82) is 0 Å². The first-order chi connectivity index (χ1) is 8.08. The quantitative estimate of drug-likeness (QED) is 0.718. The number of halogens is 2. The molecule has 1 aliphatic rings. The summed E-state index contributed by atoms with van der Waals surface area (Å²) >= 11 is 0. The van der Waals surface area contributed by atoms with Crippen LogP contribution in [0.25, 0.3) is 0 Å². The first kappa shape index (κ1) is 14.3. The fourth-order valence-corrected chi connectivity index (χ4v) is 2.07. The highest BCUT2D eigenvalue weighted by molar-refractivity contribution is 5.72. The lowest BCUT2D eigenvalue weighted by atomic mass is 10.1. The highest BCUT2D eigenvalue weighted by Crippen LogP contribution is 2.09. The van der Waals surface area contributed by atoms with Gasteiger partial charge < -0.3 is 15.5 Å². The van der Waals surface area contributed by atoms with Gasteiger partial charge >= 0.3 is 0 Å². The number of carbonyl (C=O) groups excluding carboxylic acids is 1. The van der Waals surface area contributed by atoms with Crippen molar-refractivity contribution in [3.63, 3.8) is 0 Å². The van der Waals surface area contributed by atoms with Crippen LogP contribution in [-0.2, 0) is 4.79 Å². The van der Waals surface area contributed by atoms with Crippen molar-refractivity contribution in [1.82, 2.24) is 15.5 Å².